The predicted molar refractivity (Wildman–Crippen MR) is 203 cm³/mol. The van der Waals surface area contributed by atoms with Gasteiger partial charge in [0.25, 0.3) is 0 Å². The summed E-state index contributed by atoms with van der Waals surface area (Å²) in [5.74, 6) is 8.01. The van der Waals surface area contributed by atoms with Gasteiger partial charge in [0, 0.05) is 28.1 Å². The van der Waals surface area contributed by atoms with Crippen LogP contribution in [0.3, 0.4) is 0 Å². The first-order chi connectivity index (χ1) is 24.1. The Bertz CT molecular complexity index is 2220. The van der Waals surface area contributed by atoms with Crippen molar-refractivity contribution in [3.63, 3.8) is 0 Å². The van der Waals surface area contributed by atoms with Crippen molar-refractivity contribution in [1.29, 1.82) is 0 Å². The highest BCUT2D eigenvalue weighted by molar-refractivity contribution is 6.03. The van der Waals surface area contributed by atoms with Crippen LogP contribution in [0.1, 0.15) is 84.6 Å². The van der Waals surface area contributed by atoms with Gasteiger partial charge in [0.05, 0.1) is 0 Å². The lowest BCUT2D eigenvalue weighted by atomic mass is 9.74. The average molecular weight is 642 g/mol. The number of hydrogen-bond donors (Lipinski definition) is 3. The third-order valence-electron chi connectivity index (χ3n) is 11.4. The van der Waals surface area contributed by atoms with Crippen molar-refractivity contribution in [3.8, 4) is 22.3 Å². The average Bonchev–Trinajstić information content (AvgIpc) is 3.71. The van der Waals surface area contributed by atoms with Crippen LogP contribution in [0.25, 0.3) is 50.9 Å². The summed E-state index contributed by atoms with van der Waals surface area (Å²) in [5.41, 5.74) is 19.1. The number of nitrogens with one attached hydrogen (secondary N) is 2. The van der Waals surface area contributed by atoms with Crippen LogP contribution in [0.15, 0.2) is 113 Å². The van der Waals surface area contributed by atoms with Crippen LogP contribution in [0, 0.1) is 5.92 Å². The molecule has 0 bridgehead atoms. The molecule has 9 rings (SSSR count). The number of para-hydroxylation sites is 1. The van der Waals surface area contributed by atoms with Crippen molar-refractivity contribution in [2.45, 2.75) is 64.0 Å². The van der Waals surface area contributed by atoms with Crippen molar-refractivity contribution in [2.75, 3.05) is 0 Å². The van der Waals surface area contributed by atoms with Crippen molar-refractivity contribution < 1.29 is 4.42 Å². The molecule has 4 aliphatic carbocycles. The second-order valence-electron chi connectivity index (χ2n) is 14.3. The number of allylic oxidation sites excluding steroid dienone is 6. The van der Waals surface area contributed by atoms with Crippen LogP contribution in [-0.4, -0.2) is 0 Å². The van der Waals surface area contributed by atoms with Gasteiger partial charge in [0.2, 0.25) is 0 Å². The standard InChI is InChI=1S/C45H43N3O/c1-29(47-45(48-46,34-15-3-2-4-16-34)42-22-11-20-38-36-17-6-5-13-31(36)28-41(38)42)12-9-14-30-26-33-27-32(24-25-35(30)33)37-19-10-21-40-39-18-7-8-23-43(39)49-44(37)40/h5-6,8-14,17,19-27,34,47-48H,2-4,7,15-16,18,28,46H2,1H3/b14-9-,29-12+. The predicted octanol–water partition coefficient (Wildman–Crippen LogP) is 10.4. The molecule has 0 radical (unpaired) electrons. The summed E-state index contributed by atoms with van der Waals surface area (Å²) in [6.45, 7) is 2.16. The second-order valence-corrected chi connectivity index (χ2v) is 14.3. The van der Waals surface area contributed by atoms with E-state index in [1.54, 1.807) is 0 Å². The summed E-state index contributed by atoms with van der Waals surface area (Å²) < 4.78 is 6.37. The molecule has 4 heteroatoms. The Morgan fingerprint density at radius 1 is 0.878 bits per heavy atom. The molecule has 1 unspecified atom stereocenters. The molecule has 0 saturated heterocycles. The second kappa shape index (κ2) is 12.2. The Morgan fingerprint density at radius 2 is 1.71 bits per heavy atom. The zero-order valence-electron chi connectivity index (χ0n) is 28.2. The van der Waals surface area contributed by atoms with E-state index >= 15 is 0 Å². The molecule has 1 fully saturated rings. The first kappa shape index (κ1) is 30.2. The van der Waals surface area contributed by atoms with Crippen molar-refractivity contribution in [3.05, 3.63) is 148 Å². The molecule has 244 valence electrons. The fourth-order valence-corrected chi connectivity index (χ4v) is 8.98. The number of benzene rings is 4. The van der Waals surface area contributed by atoms with E-state index in [-0.39, 0.29) is 0 Å². The number of fused-ring (bicyclic) bond motifs is 7. The lowest BCUT2D eigenvalue weighted by molar-refractivity contribution is 0.130. The molecule has 4 aromatic carbocycles. The number of hydrazine groups is 1. The normalized spacial score (nSPS) is 18.0. The fourth-order valence-electron chi connectivity index (χ4n) is 8.98. The number of furan rings is 1. The molecule has 0 amide bonds. The Morgan fingerprint density at radius 3 is 2.59 bits per heavy atom. The van der Waals surface area contributed by atoms with Gasteiger partial charge in [-0.1, -0.05) is 110 Å². The van der Waals surface area contributed by atoms with Gasteiger partial charge in [0.15, 0.2) is 0 Å². The summed E-state index contributed by atoms with van der Waals surface area (Å²) in [4.78, 5) is 0. The Balaban J connectivity index is 0.974. The minimum Gasteiger partial charge on any atom is -0.456 e. The molecule has 1 heterocycles. The zero-order valence-corrected chi connectivity index (χ0v) is 28.2. The van der Waals surface area contributed by atoms with E-state index in [0.29, 0.717) is 5.92 Å². The topological polar surface area (TPSA) is 63.2 Å². The lowest BCUT2D eigenvalue weighted by Gasteiger charge is -2.45. The Kier molecular flexibility index (Phi) is 7.52. The fraction of sp³-hybridized carbons (Fsp3) is 0.244. The van der Waals surface area contributed by atoms with Crippen LogP contribution in [-0.2, 0) is 18.5 Å². The highest BCUT2D eigenvalue weighted by Gasteiger charge is 2.43. The van der Waals surface area contributed by atoms with Gasteiger partial charge in [-0.2, -0.15) is 0 Å². The summed E-state index contributed by atoms with van der Waals surface area (Å²) in [6, 6.07) is 28.9. The van der Waals surface area contributed by atoms with Crippen LogP contribution < -0.4 is 16.6 Å². The SMILES string of the molecule is C/C(=C\C=C/C1=Cc2cc(-c3cccc4c5c(oc34)C=CCC5)ccc21)NC(NN)(c1cccc2c1Cc1ccccc1-2)C1CCCCC1. The molecule has 5 aromatic rings. The van der Waals surface area contributed by atoms with E-state index in [4.69, 9.17) is 10.3 Å². The summed E-state index contributed by atoms with van der Waals surface area (Å²) >= 11 is 0. The van der Waals surface area contributed by atoms with E-state index in [1.165, 1.54) is 80.3 Å². The number of aryl methyl sites for hydroxylation is 1. The maximum Gasteiger partial charge on any atom is 0.142 e. The Labute approximate surface area is 289 Å². The van der Waals surface area contributed by atoms with Crippen molar-refractivity contribution >= 4 is 28.7 Å². The number of hydrogen-bond acceptors (Lipinski definition) is 4. The molecule has 1 saturated carbocycles. The quantitative estimate of drug-likeness (QED) is 0.0670. The number of nitrogens with two attached hydrogens (primary N) is 1. The highest BCUT2D eigenvalue weighted by atomic mass is 16.3. The minimum atomic E-state index is -0.548. The Hall–Kier alpha value is -4.90. The van der Waals surface area contributed by atoms with Gasteiger partial charge in [-0.15, -0.1) is 0 Å². The summed E-state index contributed by atoms with van der Waals surface area (Å²) in [7, 11) is 0. The van der Waals surface area contributed by atoms with Gasteiger partial charge in [-0.25, -0.2) is 5.43 Å². The molecular weight excluding hydrogens is 599 g/mol. The van der Waals surface area contributed by atoms with Gasteiger partial charge in [-0.3, -0.25) is 5.84 Å². The molecule has 1 atom stereocenters. The minimum absolute atomic E-state index is 0.387. The van der Waals surface area contributed by atoms with Gasteiger partial charge in [0.1, 0.15) is 17.0 Å². The van der Waals surface area contributed by atoms with Crippen LogP contribution in [0.5, 0.6) is 0 Å². The monoisotopic (exact) mass is 641 g/mol. The maximum atomic E-state index is 6.61. The van der Waals surface area contributed by atoms with Crippen molar-refractivity contribution in [2.24, 2.45) is 11.8 Å². The van der Waals surface area contributed by atoms with E-state index in [2.05, 4.69) is 133 Å². The molecule has 0 spiro atoms. The molecule has 4 nitrogen and oxygen atoms in total. The maximum absolute atomic E-state index is 6.61. The third-order valence-corrected chi connectivity index (χ3v) is 11.4. The molecule has 49 heavy (non-hydrogen) atoms. The van der Waals surface area contributed by atoms with Crippen LogP contribution >= 0.6 is 0 Å². The largest absolute Gasteiger partial charge is 0.456 e. The molecule has 1 aromatic heterocycles. The third kappa shape index (κ3) is 5.05. The first-order valence-electron chi connectivity index (χ1n) is 18.0. The van der Waals surface area contributed by atoms with E-state index in [9.17, 15) is 0 Å². The highest BCUT2D eigenvalue weighted by Crippen LogP contribution is 2.46. The summed E-state index contributed by atoms with van der Waals surface area (Å²) in [6.07, 6.45) is 22.3. The van der Waals surface area contributed by atoms with E-state index in [0.717, 1.165) is 54.7 Å². The smallest absolute Gasteiger partial charge is 0.142 e. The van der Waals surface area contributed by atoms with Gasteiger partial charge < -0.3 is 9.73 Å². The molecular formula is C45H43N3O. The van der Waals surface area contributed by atoms with Crippen LogP contribution in [0.4, 0.5) is 0 Å². The van der Waals surface area contributed by atoms with Crippen molar-refractivity contribution in [1.82, 2.24) is 10.7 Å². The van der Waals surface area contributed by atoms with Crippen LogP contribution in [0.2, 0.25) is 0 Å². The van der Waals surface area contributed by atoms with E-state index in [1.807, 2.05) is 0 Å². The van der Waals surface area contributed by atoms with E-state index < -0.39 is 5.66 Å². The van der Waals surface area contributed by atoms with Gasteiger partial charge in [-0.05, 0) is 113 Å². The van der Waals surface area contributed by atoms with Gasteiger partial charge >= 0.3 is 0 Å². The zero-order chi connectivity index (χ0) is 33.0. The first-order valence-corrected chi connectivity index (χ1v) is 18.0. The number of rotatable bonds is 8. The molecule has 4 aliphatic rings. The summed E-state index contributed by atoms with van der Waals surface area (Å²) in [5, 5.41) is 5.19. The lowest BCUT2D eigenvalue weighted by Crippen LogP contribution is -2.61. The molecule has 0 aliphatic heterocycles. The molecule has 4 N–H and O–H groups in total.